The van der Waals surface area contributed by atoms with E-state index in [2.05, 4.69) is 5.32 Å². The summed E-state index contributed by atoms with van der Waals surface area (Å²) in [6, 6.07) is 4.75. The molecular weight excluding hydrogens is 292 g/mol. The standard InChI is InChI=1S/C15H19ClN2O3/c16-10-6-7-12(15(17)20)13(8-10)21-9-14(19)18-11-4-2-1-3-5-11/h6-8,11H,1-5,9H2,(H2,17,20)(H,18,19). The number of carbonyl (C=O) groups excluding carboxylic acids is 2. The number of benzene rings is 1. The number of nitrogens with two attached hydrogens (primary N) is 1. The number of hydrogen-bond donors (Lipinski definition) is 2. The summed E-state index contributed by atoms with van der Waals surface area (Å²) in [6.45, 7) is -0.156. The zero-order valence-corrected chi connectivity index (χ0v) is 12.5. The topological polar surface area (TPSA) is 81.4 Å². The molecule has 3 N–H and O–H groups in total. The van der Waals surface area contributed by atoms with Gasteiger partial charge in [0.1, 0.15) is 5.75 Å². The van der Waals surface area contributed by atoms with Gasteiger partial charge in [-0.2, -0.15) is 0 Å². The molecule has 2 amide bonds. The quantitative estimate of drug-likeness (QED) is 0.875. The van der Waals surface area contributed by atoms with Crippen LogP contribution in [0.1, 0.15) is 42.5 Å². The predicted octanol–water partition coefficient (Wildman–Crippen LogP) is 2.27. The molecule has 0 heterocycles. The van der Waals surface area contributed by atoms with E-state index < -0.39 is 5.91 Å². The maximum absolute atomic E-state index is 11.9. The van der Waals surface area contributed by atoms with Crippen LogP contribution in [0, 0.1) is 0 Å². The lowest BCUT2D eigenvalue weighted by Crippen LogP contribution is -2.39. The molecule has 1 fully saturated rings. The molecule has 0 unspecified atom stereocenters. The Morgan fingerprint density at radius 2 is 2.00 bits per heavy atom. The fourth-order valence-corrected chi connectivity index (χ4v) is 2.64. The highest BCUT2D eigenvalue weighted by atomic mass is 35.5. The van der Waals surface area contributed by atoms with Crippen molar-refractivity contribution >= 4 is 23.4 Å². The molecule has 1 aliphatic rings. The molecule has 0 spiro atoms. The van der Waals surface area contributed by atoms with Crippen LogP contribution in [0.15, 0.2) is 18.2 Å². The Hall–Kier alpha value is -1.75. The number of carbonyl (C=O) groups is 2. The van der Waals surface area contributed by atoms with Gasteiger partial charge in [-0.05, 0) is 31.0 Å². The van der Waals surface area contributed by atoms with Crippen molar-refractivity contribution in [2.45, 2.75) is 38.1 Å². The van der Waals surface area contributed by atoms with E-state index in [0.29, 0.717) is 5.02 Å². The van der Waals surface area contributed by atoms with Gasteiger partial charge >= 0.3 is 0 Å². The van der Waals surface area contributed by atoms with Crippen molar-refractivity contribution in [3.8, 4) is 5.75 Å². The number of primary amides is 1. The Morgan fingerprint density at radius 1 is 1.29 bits per heavy atom. The predicted molar refractivity (Wildman–Crippen MR) is 80.5 cm³/mol. The van der Waals surface area contributed by atoms with Crippen molar-refractivity contribution in [1.29, 1.82) is 0 Å². The summed E-state index contributed by atoms with van der Waals surface area (Å²) < 4.78 is 5.39. The minimum Gasteiger partial charge on any atom is -0.483 e. The minimum atomic E-state index is -0.616. The highest BCUT2D eigenvalue weighted by Crippen LogP contribution is 2.23. The SMILES string of the molecule is NC(=O)c1ccc(Cl)cc1OCC(=O)NC1CCCCC1. The van der Waals surface area contributed by atoms with Crippen molar-refractivity contribution in [1.82, 2.24) is 5.32 Å². The van der Waals surface area contributed by atoms with Crippen molar-refractivity contribution in [3.05, 3.63) is 28.8 Å². The summed E-state index contributed by atoms with van der Waals surface area (Å²) >= 11 is 5.86. The third kappa shape index (κ3) is 4.63. The Bertz CT molecular complexity index is 528. The largest absolute Gasteiger partial charge is 0.483 e. The molecule has 0 radical (unpaired) electrons. The lowest BCUT2D eigenvalue weighted by molar-refractivity contribution is -0.124. The van der Waals surface area contributed by atoms with E-state index in [9.17, 15) is 9.59 Å². The Labute approximate surface area is 128 Å². The summed E-state index contributed by atoms with van der Waals surface area (Å²) in [4.78, 5) is 23.2. The smallest absolute Gasteiger partial charge is 0.258 e. The van der Waals surface area contributed by atoms with Gasteiger partial charge in [0.05, 0.1) is 5.56 Å². The molecule has 0 atom stereocenters. The van der Waals surface area contributed by atoms with Gasteiger partial charge in [0.15, 0.2) is 6.61 Å². The summed E-state index contributed by atoms with van der Waals surface area (Å²) in [5, 5.41) is 3.36. The van der Waals surface area contributed by atoms with E-state index in [-0.39, 0.29) is 29.9 Å². The summed E-state index contributed by atoms with van der Waals surface area (Å²) in [5.41, 5.74) is 5.47. The second-order valence-corrected chi connectivity index (χ2v) is 5.63. The number of nitrogens with one attached hydrogen (secondary N) is 1. The van der Waals surface area contributed by atoms with Gasteiger partial charge in [0.2, 0.25) is 0 Å². The van der Waals surface area contributed by atoms with Gasteiger partial charge < -0.3 is 15.8 Å². The fourth-order valence-electron chi connectivity index (χ4n) is 2.48. The first-order valence-corrected chi connectivity index (χ1v) is 7.45. The van der Waals surface area contributed by atoms with E-state index in [1.165, 1.54) is 18.6 Å². The van der Waals surface area contributed by atoms with Crippen molar-refractivity contribution in [2.75, 3.05) is 6.61 Å². The Morgan fingerprint density at radius 3 is 2.67 bits per heavy atom. The highest BCUT2D eigenvalue weighted by molar-refractivity contribution is 6.30. The second-order valence-electron chi connectivity index (χ2n) is 5.20. The first kappa shape index (κ1) is 15.6. The van der Waals surface area contributed by atoms with Gasteiger partial charge in [0.25, 0.3) is 11.8 Å². The van der Waals surface area contributed by atoms with Gasteiger partial charge in [-0.3, -0.25) is 9.59 Å². The molecule has 1 aromatic carbocycles. The van der Waals surface area contributed by atoms with E-state index in [0.717, 1.165) is 25.7 Å². The lowest BCUT2D eigenvalue weighted by atomic mass is 9.95. The Balaban J connectivity index is 1.91. The summed E-state index contributed by atoms with van der Waals surface area (Å²) in [5.74, 6) is -0.583. The van der Waals surface area contributed by atoms with Crippen LogP contribution in [0.25, 0.3) is 0 Å². The van der Waals surface area contributed by atoms with Crippen molar-refractivity contribution in [2.24, 2.45) is 5.73 Å². The molecule has 1 aromatic rings. The van der Waals surface area contributed by atoms with Gasteiger partial charge in [-0.1, -0.05) is 30.9 Å². The minimum absolute atomic E-state index is 0.156. The summed E-state index contributed by atoms with van der Waals surface area (Å²) in [7, 11) is 0. The van der Waals surface area contributed by atoms with Gasteiger partial charge in [-0.25, -0.2) is 0 Å². The van der Waals surface area contributed by atoms with Crippen molar-refractivity contribution < 1.29 is 14.3 Å². The van der Waals surface area contributed by atoms with Crippen LogP contribution >= 0.6 is 11.6 Å². The van der Waals surface area contributed by atoms with Crippen LogP contribution in [0.5, 0.6) is 5.75 Å². The van der Waals surface area contributed by atoms with Crippen LogP contribution in [0.2, 0.25) is 5.02 Å². The summed E-state index contributed by atoms with van der Waals surface area (Å²) in [6.07, 6.45) is 5.54. The third-order valence-corrected chi connectivity index (χ3v) is 3.77. The number of hydrogen-bond acceptors (Lipinski definition) is 3. The van der Waals surface area contributed by atoms with Crippen LogP contribution in [0.4, 0.5) is 0 Å². The molecule has 5 nitrogen and oxygen atoms in total. The molecule has 2 rings (SSSR count). The zero-order chi connectivity index (χ0) is 15.2. The van der Waals surface area contributed by atoms with E-state index in [4.69, 9.17) is 22.1 Å². The lowest BCUT2D eigenvalue weighted by Gasteiger charge is -2.22. The van der Waals surface area contributed by atoms with Crippen LogP contribution in [-0.4, -0.2) is 24.5 Å². The molecule has 0 bridgehead atoms. The molecule has 6 heteroatoms. The average Bonchev–Trinajstić information content (AvgIpc) is 2.46. The van der Waals surface area contributed by atoms with E-state index >= 15 is 0 Å². The number of rotatable bonds is 5. The van der Waals surface area contributed by atoms with E-state index in [1.54, 1.807) is 6.07 Å². The first-order chi connectivity index (χ1) is 10.1. The molecule has 114 valence electrons. The average molecular weight is 311 g/mol. The third-order valence-electron chi connectivity index (χ3n) is 3.54. The van der Waals surface area contributed by atoms with Crippen molar-refractivity contribution in [3.63, 3.8) is 0 Å². The molecule has 1 saturated carbocycles. The highest BCUT2D eigenvalue weighted by Gasteiger charge is 2.17. The maximum atomic E-state index is 11.9. The molecule has 0 aromatic heterocycles. The molecule has 21 heavy (non-hydrogen) atoms. The zero-order valence-electron chi connectivity index (χ0n) is 11.7. The maximum Gasteiger partial charge on any atom is 0.258 e. The number of amides is 2. The van der Waals surface area contributed by atoms with Crippen LogP contribution in [-0.2, 0) is 4.79 Å². The molecule has 1 aliphatic carbocycles. The number of halogens is 1. The van der Waals surface area contributed by atoms with Gasteiger partial charge in [-0.15, -0.1) is 0 Å². The molecule has 0 saturated heterocycles. The molecular formula is C15H19ClN2O3. The van der Waals surface area contributed by atoms with E-state index in [1.807, 2.05) is 0 Å². The normalized spacial score (nSPS) is 15.5. The van der Waals surface area contributed by atoms with Gasteiger partial charge in [0, 0.05) is 11.1 Å². The van der Waals surface area contributed by atoms with Crippen LogP contribution < -0.4 is 15.8 Å². The van der Waals surface area contributed by atoms with Crippen LogP contribution in [0.3, 0.4) is 0 Å². The second kappa shape index (κ2) is 7.31. The monoisotopic (exact) mass is 310 g/mol. The Kier molecular flexibility index (Phi) is 5.44. The fraction of sp³-hybridized carbons (Fsp3) is 0.467. The first-order valence-electron chi connectivity index (χ1n) is 7.08. The number of ether oxygens (including phenoxy) is 1. The molecule has 0 aliphatic heterocycles.